The van der Waals surface area contributed by atoms with Crippen LogP contribution in [-0.2, 0) is 49.6 Å². The van der Waals surface area contributed by atoms with Crippen molar-refractivity contribution in [1.29, 1.82) is 0 Å². The van der Waals surface area contributed by atoms with Crippen molar-refractivity contribution in [2.45, 2.75) is 360 Å². The van der Waals surface area contributed by atoms with Crippen molar-refractivity contribution in [1.82, 2.24) is 82.8 Å². The Morgan fingerprint density at radius 1 is 0.338 bits per heavy atom. The van der Waals surface area contributed by atoms with Crippen molar-refractivity contribution < 1.29 is 14.3 Å². The Kier molecular flexibility index (Phi) is 45.2. The summed E-state index contributed by atoms with van der Waals surface area (Å²) in [6.07, 6.45) is 31.1. The number of hydrogen-bond acceptors (Lipinski definition) is 16. The molecule has 3 aromatic carbocycles. The predicted molar refractivity (Wildman–Crippen MR) is 558 cm³/mol. The summed E-state index contributed by atoms with van der Waals surface area (Å²) in [6, 6.07) is 29.5. The first-order valence-corrected chi connectivity index (χ1v) is 50.5. The lowest BCUT2D eigenvalue weighted by molar-refractivity contribution is -0.144. The average Bonchev–Trinajstić information content (AvgIpc) is 1.61. The molecule has 2 amide bonds. The molecule has 7 saturated heterocycles. The molecule has 21 heteroatoms. The van der Waals surface area contributed by atoms with E-state index in [2.05, 4.69) is 369 Å². The van der Waals surface area contributed by atoms with Crippen molar-refractivity contribution in [3.63, 3.8) is 0 Å². The average molecular weight is 1820 g/mol. The van der Waals surface area contributed by atoms with Crippen molar-refractivity contribution >= 4 is 45.5 Å². The van der Waals surface area contributed by atoms with Crippen LogP contribution < -0.4 is 0 Å². The van der Waals surface area contributed by atoms with Crippen molar-refractivity contribution in [3.05, 3.63) is 158 Å². The quantitative estimate of drug-likeness (QED) is 0.133. The Morgan fingerprint density at radius 2 is 0.715 bits per heavy atom. The van der Waals surface area contributed by atoms with E-state index in [0.29, 0.717) is 33.2 Å². The summed E-state index contributed by atoms with van der Waals surface area (Å²) in [6.45, 7) is 94.2. The molecule has 8 aliphatic heterocycles. The highest BCUT2D eigenvalue weighted by Gasteiger charge is 2.49. The fraction of sp³-hybridized carbons (Fsp3) is 0.706. The van der Waals surface area contributed by atoms with Crippen LogP contribution in [0.15, 0.2) is 147 Å². The molecule has 7 fully saturated rings. The van der Waals surface area contributed by atoms with Crippen molar-refractivity contribution in [2.75, 3.05) is 130 Å². The van der Waals surface area contributed by atoms with Crippen LogP contribution in [0.2, 0.25) is 0 Å². The number of likely N-dealkylation sites (N-methyl/N-ethyl adjacent to an activating group) is 2. The van der Waals surface area contributed by atoms with Crippen LogP contribution >= 0.6 is 11.8 Å². The number of amides is 2. The highest BCUT2D eigenvalue weighted by Crippen LogP contribution is 2.36. The van der Waals surface area contributed by atoms with E-state index >= 15 is 0 Å². The number of ether oxygens (including phenoxy) is 1. The lowest BCUT2D eigenvalue weighted by Crippen LogP contribution is -2.47. The number of hydrogen-bond donors (Lipinski definition) is 0. The number of carbonyl (C=O) groups excluding carboxylic acids is 2. The molecule has 16 rings (SSSR count). The third kappa shape index (κ3) is 40.3. The molecule has 0 spiro atoms. The van der Waals surface area contributed by atoms with Gasteiger partial charge >= 0.3 is 0 Å². The lowest BCUT2D eigenvalue weighted by atomic mass is 9.91. The third-order valence-electron chi connectivity index (χ3n) is 25.0. The number of benzene rings is 3. The topological polar surface area (TPSA) is 144 Å². The summed E-state index contributed by atoms with van der Waals surface area (Å²) < 4.78 is 13.5. The zero-order valence-electron chi connectivity index (χ0n) is 89.3. The number of piperidine rings is 1. The SMILES string of the molecule is CC(C)(C)N1C(=O)C2C=CC=CC2C1=O.CC(C)(C)N1CCCC1.CC(C)(C)N1CCCCC1.CC(C)(C)N1CCCCCC1.CC(C)(C)N1CCOCC1.CC(C)(C)N1CCSCC1.CC(C)(C)N1Cc2ccccc2C1.CC(C)(C)n1ccc2ccccc21.CC(C)(C)n1cccn1.CC(C)(C)n1cnc2ccccc21.CC(C)(C)n1cncn1.CN1CCN(C)CC1. The van der Waals surface area contributed by atoms with Gasteiger partial charge in [-0.15, -0.1) is 0 Å². The highest BCUT2D eigenvalue weighted by molar-refractivity contribution is 7.99. The maximum Gasteiger partial charge on any atom is 0.237 e. The minimum Gasteiger partial charge on any atom is -0.379 e. The Labute approximate surface area is 798 Å². The summed E-state index contributed by atoms with van der Waals surface area (Å²) in [5, 5.41) is 9.41. The maximum absolute atomic E-state index is 12.0. The number of carbonyl (C=O) groups is 2. The molecular formula is C109H189N17O3S. The molecule has 0 N–H and O–H groups in total. The van der Waals surface area contributed by atoms with Crippen LogP contribution in [-0.4, -0.2) is 264 Å². The van der Waals surface area contributed by atoms with E-state index in [1.54, 1.807) is 18.9 Å². The summed E-state index contributed by atoms with van der Waals surface area (Å²) in [5.41, 5.74) is 8.84. The van der Waals surface area contributed by atoms with Crippen LogP contribution in [0.5, 0.6) is 0 Å². The number of thioether (sulfide) groups is 1. The molecular weight excluding hydrogens is 1630 g/mol. The van der Waals surface area contributed by atoms with Gasteiger partial charge in [-0.05, 0) is 367 Å². The van der Waals surface area contributed by atoms with Gasteiger partial charge in [0, 0.05) is 151 Å². The zero-order valence-corrected chi connectivity index (χ0v) is 90.1. The Morgan fingerprint density at radius 3 is 1.06 bits per heavy atom. The van der Waals surface area contributed by atoms with E-state index in [1.165, 1.54) is 180 Å². The van der Waals surface area contributed by atoms with Crippen molar-refractivity contribution in [2.24, 2.45) is 11.8 Å². The second-order valence-electron chi connectivity index (χ2n) is 47.4. The van der Waals surface area contributed by atoms with E-state index < -0.39 is 5.54 Å². The molecule has 2 atom stereocenters. The van der Waals surface area contributed by atoms with Gasteiger partial charge in [-0.3, -0.25) is 48.6 Å². The van der Waals surface area contributed by atoms with Crippen molar-refractivity contribution in [3.8, 4) is 0 Å². The standard InChI is InChI=1S/C12H15NO2.C12H17N.C12H15N.C11H14N2.C10H21N.C9H19N.C8H17NO.C8H17NS.C8H17N.C7H12N2.C6H11N3.C6H14N2/c1-12(2,3)13-10(14)8-6-4-5-7-9(8)11(13)15;1-12(2,3)13-8-10-6-4-5-7-11(10)9-13;1-12(2,3)13-9-8-10-6-4-5-7-11(10)13;1-11(2,3)13-8-12-9-6-4-5-7-10(9)13;1-10(2,3)11-8-6-4-5-7-9-11;1-9(2,3)10-7-5-4-6-8-10;2*1-8(2,3)9-4-6-10-7-5-9;1-8(2,3)9-6-4-5-7-9;1-7(2,3)9-6-4-5-8-9;1-6(2,3)9-5-7-4-8-9;1-7-3-5-8(2)6-4-7/h4-9H,1-3H3;4-7H,8-9H2,1-3H3;4-9H,1-3H3;4-8H,1-3H3;4-9H2,1-3H3;4-8H2,1-3H3;2*4-7H2,1-3H3;4-7H2,1-3H3;4-6H,1-3H3;4-5H,1-3H3;3-6H2,1-2H3. The minimum atomic E-state index is -0.423. The number of likely N-dealkylation sites (tertiary alicyclic amines) is 4. The van der Waals surface area contributed by atoms with Gasteiger partial charge in [-0.1, -0.05) is 98.2 Å². The number of fused-ring (bicyclic) bond motifs is 4. The molecule has 130 heavy (non-hydrogen) atoms. The molecule has 0 saturated carbocycles. The summed E-state index contributed by atoms with van der Waals surface area (Å²) in [7, 11) is 4.35. The van der Waals surface area contributed by atoms with Gasteiger partial charge in [0.2, 0.25) is 11.8 Å². The Hall–Kier alpha value is -6.37. The highest BCUT2D eigenvalue weighted by atomic mass is 32.2. The summed E-state index contributed by atoms with van der Waals surface area (Å²) >= 11 is 2.07. The number of morpholine rings is 1. The van der Waals surface area contributed by atoms with Gasteiger partial charge in [0.05, 0.1) is 53.5 Å². The number of para-hydroxylation sites is 3. The van der Waals surface area contributed by atoms with Crippen LogP contribution in [0.4, 0.5) is 0 Å². The molecule has 1 aliphatic carbocycles. The minimum absolute atomic E-state index is 0.0660. The van der Waals surface area contributed by atoms with E-state index in [4.69, 9.17) is 4.74 Å². The molecule has 0 radical (unpaired) electrons. The number of allylic oxidation sites excluding steroid dienone is 2. The van der Waals surface area contributed by atoms with Gasteiger partial charge in [0.25, 0.3) is 0 Å². The molecule has 734 valence electrons. The first-order chi connectivity index (χ1) is 60.2. The first kappa shape index (κ1) is 114. The van der Waals surface area contributed by atoms with Gasteiger partial charge in [0.1, 0.15) is 12.7 Å². The zero-order chi connectivity index (χ0) is 97.5. The first-order valence-electron chi connectivity index (χ1n) is 49.4. The molecule has 20 nitrogen and oxygen atoms in total. The molecule has 9 aliphatic rings. The second-order valence-corrected chi connectivity index (χ2v) is 48.6. The molecule has 4 aromatic heterocycles. The summed E-state index contributed by atoms with van der Waals surface area (Å²) in [4.78, 5) is 53.6. The smallest absolute Gasteiger partial charge is 0.237 e. The van der Waals surface area contributed by atoms with Crippen LogP contribution in [0.3, 0.4) is 0 Å². The third-order valence-corrected chi connectivity index (χ3v) is 25.9. The second kappa shape index (κ2) is 51.5. The van der Waals surface area contributed by atoms with Gasteiger partial charge in [0.15, 0.2) is 0 Å². The van der Waals surface area contributed by atoms with Gasteiger partial charge in [-0.25, -0.2) is 14.6 Å². The number of imide groups is 1. The molecule has 7 aromatic rings. The number of rotatable bonds is 0. The Bertz CT molecular complexity index is 4070. The van der Waals surface area contributed by atoms with Crippen LogP contribution in [0.1, 0.15) is 297 Å². The number of piperazine rings is 1. The summed E-state index contributed by atoms with van der Waals surface area (Å²) in [5.74, 6) is 1.94. The largest absolute Gasteiger partial charge is 0.379 e. The fourth-order valence-corrected chi connectivity index (χ4v) is 17.3. The molecule has 12 heterocycles. The Balaban J connectivity index is 0.000000252. The number of imidazole rings is 1. The number of aromatic nitrogens is 8. The van der Waals surface area contributed by atoms with Gasteiger partial charge in [-0.2, -0.15) is 22.0 Å². The maximum atomic E-state index is 12.0. The number of nitrogens with zero attached hydrogens (tertiary/aromatic N) is 17. The molecule has 0 bridgehead atoms. The fourth-order valence-electron chi connectivity index (χ4n) is 16.4. The van der Waals surface area contributed by atoms with Gasteiger partial charge < -0.3 is 23.7 Å². The normalized spacial score (nSPS) is 19.8. The molecule has 2 unspecified atom stereocenters. The predicted octanol–water partition coefficient (Wildman–Crippen LogP) is 22.8. The van der Waals surface area contributed by atoms with Crippen LogP contribution in [0.25, 0.3) is 21.9 Å². The van der Waals surface area contributed by atoms with E-state index in [1.807, 2.05) is 91.2 Å². The monoisotopic (exact) mass is 1820 g/mol. The van der Waals surface area contributed by atoms with Crippen LogP contribution in [0, 0.1) is 11.8 Å². The van der Waals surface area contributed by atoms with E-state index in [0.717, 1.165) is 44.9 Å². The van der Waals surface area contributed by atoms with E-state index in [9.17, 15) is 9.59 Å². The lowest BCUT2D eigenvalue weighted by Gasteiger charge is -2.38. The van der Waals surface area contributed by atoms with E-state index in [-0.39, 0.29) is 45.8 Å².